The molecule has 1 amide bonds. The minimum absolute atomic E-state index is 0.0193. The summed E-state index contributed by atoms with van der Waals surface area (Å²) in [6, 6.07) is 3.54. The van der Waals surface area contributed by atoms with Crippen molar-refractivity contribution in [2.75, 3.05) is 6.54 Å². The van der Waals surface area contributed by atoms with Gasteiger partial charge in [0.15, 0.2) is 0 Å². The first-order valence-electron chi connectivity index (χ1n) is 6.47. The average Bonchev–Trinajstić information content (AvgIpc) is 2.46. The number of nitrogens with one attached hydrogen (secondary N) is 2. The number of aromatic amines is 1. The molecule has 2 aromatic heterocycles. The number of rotatable bonds is 5. The number of ether oxygens (including phenoxy) is 1. The second-order valence-corrected chi connectivity index (χ2v) is 4.54. The first-order chi connectivity index (χ1) is 10.1. The summed E-state index contributed by atoms with van der Waals surface area (Å²) in [5, 5.41) is 2.63. The molecule has 2 aromatic rings. The van der Waals surface area contributed by atoms with E-state index in [2.05, 4.69) is 20.3 Å². The van der Waals surface area contributed by atoms with Crippen LogP contribution in [0, 0.1) is 6.92 Å². The highest BCUT2D eigenvalue weighted by Crippen LogP contribution is 2.08. The normalized spacial score (nSPS) is 11.7. The van der Waals surface area contributed by atoms with Crippen molar-refractivity contribution in [2.24, 2.45) is 0 Å². The van der Waals surface area contributed by atoms with Gasteiger partial charge in [0.2, 0.25) is 0 Å². The molecule has 7 heteroatoms. The lowest BCUT2D eigenvalue weighted by molar-refractivity contribution is 0.0930. The van der Waals surface area contributed by atoms with E-state index in [1.54, 1.807) is 31.5 Å². The number of carbonyl (C=O) groups excluding carboxylic acids is 1. The van der Waals surface area contributed by atoms with E-state index in [4.69, 9.17) is 4.74 Å². The predicted molar refractivity (Wildman–Crippen MR) is 76.3 cm³/mol. The molecule has 0 fully saturated rings. The average molecular weight is 288 g/mol. The van der Waals surface area contributed by atoms with Crippen LogP contribution in [-0.4, -0.2) is 33.5 Å². The second-order valence-electron chi connectivity index (χ2n) is 4.54. The fraction of sp³-hybridized carbons (Fsp3) is 0.286. The van der Waals surface area contributed by atoms with Gasteiger partial charge < -0.3 is 15.0 Å². The minimum atomic E-state index is -0.481. The van der Waals surface area contributed by atoms with Gasteiger partial charge in [0.1, 0.15) is 23.2 Å². The van der Waals surface area contributed by atoms with E-state index in [0.717, 1.165) is 0 Å². The Morgan fingerprint density at radius 1 is 1.48 bits per heavy atom. The SMILES string of the molecule is Cc1ncc(C(=O)NCC(C)Oc2cccnc2)c(=O)[nH]1. The van der Waals surface area contributed by atoms with Crippen molar-refractivity contribution in [1.82, 2.24) is 20.3 Å². The van der Waals surface area contributed by atoms with Crippen LogP contribution >= 0.6 is 0 Å². The molecule has 0 bridgehead atoms. The lowest BCUT2D eigenvalue weighted by Crippen LogP contribution is -2.36. The highest BCUT2D eigenvalue weighted by molar-refractivity contribution is 5.93. The zero-order valence-corrected chi connectivity index (χ0v) is 11.8. The molecule has 2 N–H and O–H groups in total. The molecule has 1 unspecified atom stereocenters. The molecule has 2 rings (SSSR count). The van der Waals surface area contributed by atoms with Gasteiger partial charge in [0.25, 0.3) is 11.5 Å². The van der Waals surface area contributed by atoms with E-state index in [1.807, 2.05) is 6.92 Å². The highest BCUT2D eigenvalue weighted by atomic mass is 16.5. The van der Waals surface area contributed by atoms with Crippen LogP contribution in [0.2, 0.25) is 0 Å². The van der Waals surface area contributed by atoms with Crippen LogP contribution in [-0.2, 0) is 0 Å². The zero-order chi connectivity index (χ0) is 15.2. The summed E-state index contributed by atoms with van der Waals surface area (Å²) >= 11 is 0. The monoisotopic (exact) mass is 288 g/mol. The van der Waals surface area contributed by atoms with Crippen LogP contribution in [0.4, 0.5) is 0 Å². The summed E-state index contributed by atoms with van der Waals surface area (Å²) in [4.78, 5) is 33.8. The molecule has 0 aliphatic rings. The number of aryl methyl sites for hydroxylation is 1. The van der Waals surface area contributed by atoms with Crippen molar-refractivity contribution >= 4 is 5.91 Å². The van der Waals surface area contributed by atoms with Crippen molar-refractivity contribution in [3.8, 4) is 5.75 Å². The van der Waals surface area contributed by atoms with Gasteiger partial charge >= 0.3 is 0 Å². The Morgan fingerprint density at radius 2 is 2.29 bits per heavy atom. The first kappa shape index (κ1) is 14.7. The quantitative estimate of drug-likeness (QED) is 0.843. The number of hydrogen-bond acceptors (Lipinski definition) is 5. The Labute approximate surface area is 121 Å². The van der Waals surface area contributed by atoms with Gasteiger partial charge in [-0.15, -0.1) is 0 Å². The molecule has 110 valence electrons. The number of aromatic nitrogens is 3. The third-order valence-electron chi connectivity index (χ3n) is 2.69. The van der Waals surface area contributed by atoms with Crippen LogP contribution in [0.15, 0.2) is 35.5 Å². The van der Waals surface area contributed by atoms with Crippen LogP contribution in [0.25, 0.3) is 0 Å². The Morgan fingerprint density at radius 3 is 2.95 bits per heavy atom. The molecule has 0 saturated carbocycles. The molecule has 0 spiro atoms. The van der Waals surface area contributed by atoms with Crippen LogP contribution in [0.3, 0.4) is 0 Å². The molecule has 0 radical (unpaired) electrons. The fourth-order valence-corrected chi connectivity index (χ4v) is 1.67. The molecule has 21 heavy (non-hydrogen) atoms. The van der Waals surface area contributed by atoms with E-state index in [0.29, 0.717) is 11.6 Å². The van der Waals surface area contributed by atoms with Crippen molar-refractivity contribution < 1.29 is 9.53 Å². The minimum Gasteiger partial charge on any atom is -0.487 e. The molecule has 0 aliphatic heterocycles. The Kier molecular flexibility index (Phi) is 4.65. The predicted octanol–water partition coefficient (Wildman–Crippen LogP) is 0.671. The lowest BCUT2D eigenvalue weighted by atomic mass is 10.3. The molecular weight excluding hydrogens is 272 g/mol. The van der Waals surface area contributed by atoms with E-state index in [9.17, 15) is 9.59 Å². The summed E-state index contributed by atoms with van der Waals surface area (Å²) in [5.41, 5.74) is -0.477. The molecule has 0 aliphatic carbocycles. The van der Waals surface area contributed by atoms with Crippen molar-refractivity contribution in [3.05, 3.63) is 52.5 Å². The number of carbonyl (C=O) groups is 1. The third kappa shape index (κ3) is 4.13. The van der Waals surface area contributed by atoms with E-state index < -0.39 is 11.5 Å². The number of hydrogen-bond donors (Lipinski definition) is 2. The zero-order valence-electron chi connectivity index (χ0n) is 11.8. The fourth-order valence-electron chi connectivity index (χ4n) is 1.67. The number of H-pyrrole nitrogens is 1. The molecular formula is C14H16N4O3. The topological polar surface area (TPSA) is 97.0 Å². The van der Waals surface area contributed by atoms with Gasteiger partial charge in [-0.25, -0.2) is 4.98 Å². The maximum absolute atomic E-state index is 11.9. The summed E-state index contributed by atoms with van der Waals surface area (Å²) < 4.78 is 5.57. The number of nitrogens with zero attached hydrogens (tertiary/aromatic N) is 2. The Hall–Kier alpha value is -2.70. The summed E-state index contributed by atoms with van der Waals surface area (Å²) in [6.07, 6.45) is 4.25. The smallest absolute Gasteiger partial charge is 0.263 e. The van der Waals surface area contributed by atoms with Gasteiger partial charge in [-0.05, 0) is 26.0 Å². The van der Waals surface area contributed by atoms with Gasteiger partial charge in [-0.2, -0.15) is 0 Å². The van der Waals surface area contributed by atoms with Crippen LogP contribution in [0.5, 0.6) is 5.75 Å². The number of pyridine rings is 1. The van der Waals surface area contributed by atoms with Gasteiger partial charge in [-0.3, -0.25) is 14.6 Å². The van der Waals surface area contributed by atoms with Crippen LogP contribution in [0.1, 0.15) is 23.1 Å². The number of amides is 1. The molecule has 1 atom stereocenters. The Bertz CT molecular complexity index is 669. The maximum atomic E-state index is 11.9. The summed E-state index contributed by atoms with van der Waals surface area (Å²) in [7, 11) is 0. The van der Waals surface area contributed by atoms with Crippen molar-refractivity contribution in [1.29, 1.82) is 0 Å². The van der Waals surface area contributed by atoms with E-state index in [-0.39, 0.29) is 18.2 Å². The highest BCUT2D eigenvalue weighted by Gasteiger charge is 2.12. The van der Waals surface area contributed by atoms with Gasteiger partial charge in [-0.1, -0.05) is 0 Å². The van der Waals surface area contributed by atoms with Crippen molar-refractivity contribution in [2.45, 2.75) is 20.0 Å². The first-order valence-corrected chi connectivity index (χ1v) is 6.47. The maximum Gasteiger partial charge on any atom is 0.263 e. The third-order valence-corrected chi connectivity index (χ3v) is 2.69. The largest absolute Gasteiger partial charge is 0.487 e. The standard InChI is InChI=1S/C14H16N4O3/c1-9(21-11-4-3-5-15-7-11)6-17-13(19)12-8-16-10(2)18-14(12)20/h3-5,7-9H,6H2,1-2H3,(H,17,19)(H,16,18,20). The van der Waals surface area contributed by atoms with Crippen molar-refractivity contribution in [3.63, 3.8) is 0 Å². The lowest BCUT2D eigenvalue weighted by Gasteiger charge is -2.14. The second kappa shape index (κ2) is 6.65. The van der Waals surface area contributed by atoms with Gasteiger partial charge in [0.05, 0.1) is 12.7 Å². The van der Waals surface area contributed by atoms with Gasteiger partial charge in [0, 0.05) is 12.4 Å². The van der Waals surface area contributed by atoms with Crippen LogP contribution < -0.4 is 15.6 Å². The van der Waals surface area contributed by atoms with E-state index >= 15 is 0 Å². The Balaban J connectivity index is 1.90. The molecule has 0 saturated heterocycles. The molecule has 7 nitrogen and oxygen atoms in total. The molecule has 2 heterocycles. The van der Waals surface area contributed by atoms with E-state index in [1.165, 1.54) is 6.20 Å². The molecule has 0 aromatic carbocycles. The summed E-state index contributed by atoms with van der Waals surface area (Å²) in [5.74, 6) is 0.601. The summed E-state index contributed by atoms with van der Waals surface area (Å²) in [6.45, 7) is 3.72.